The highest BCUT2D eigenvalue weighted by Gasteiger charge is 2.36. The summed E-state index contributed by atoms with van der Waals surface area (Å²) in [5, 5.41) is 3.49. The third-order valence-electron chi connectivity index (χ3n) is 4.39. The summed E-state index contributed by atoms with van der Waals surface area (Å²) in [4.78, 5) is 12.5. The molecule has 3 nitrogen and oxygen atoms in total. The molecule has 0 amide bonds. The van der Waals surface area contributed by atoms with Crippen LogP contribution in [0.25, 0.3) is 0 Å². The fourth-order valence-electron chi connectivity index (χ4n) is 3.39. The molecule has 2 bridgehead atoms. The van der Waals surface area contributed by atoms with Gasteiger partial charge in [0.05, 0.1) is 0 Å². The molecule has 2 atom stereocenters. The van der Waals surface area contributed by atoms with Crippen LogP contribution in [-0.2, 0) is 0 Å². The molecule has 2 aliphatic rings. The van der Waals surface area contributed by atoms with Crippen molar-refractivity contribution in [3.05, 3.63) is 29.8 Å². The molecule has 6 heteroatoms. The molecule has 2 heterocycles. The molecule has 2 fully saturated rings. The maximum Gasteiger partial charge on any atom is 0.422 e. The van der Waals surface area contributed by atoms with E-state index in [0.29, 0.717) is 17.6 Å². The molecule has 0 aromatic heterocycles. The lowest BCUT2D eigenvalue weighted by molar-refractivity contribution is -0.153. The fourth-order valence-corrected chi connectivity index (χ4v) is 3.39. The summed E-state index contributed by atoms with van der Waals surface area (Å²) >= 11 is 0. The zero-order valence-electron chi connectivity index (χ0n) is 12.0. The van der Waals surface area contributed by atoms with Crippen LogP contribution in [0.2, 0.25) is 0 Å². The van der Waals surface area contributed by atoms with Gasteiger partial charge in [0.25, 0.3) is 0 Å². The Hall–Kier alpha value is -1.56. The number of fused-ring (bicyclic) bond motifs is 2. The van der Waals surface area contributed by atoms with Crippen LogP contribution >= 0.6 is 0 Å². The molecule has 2 saturated heterocycles. The van der Waals surface area contributed by atoms with E-state index in [4.69, 9.17) is 0 Å². The summed E-state index contributed by atoms with van der Waals surface area (Å²) < 4.78 is 40.9. The van der Waals surface area contributed by atoms with Crippen LogP contribution in [0, 0.1) is 5.92 Å². The van der Waals surface area contributed by atoms with Gasteiger partial charge in [-0.15, -0.1) is 0 Å². The molecule has 2 unspecified atom stereocenters. The predicted octanol–water partition coefficient (Wildman–Crippen LogP) is 3.34. The smallest absolute Gasteiger partial charge is 0.422 e. The molecule has 1 aromatic carbocycles. The largest absolute Gasteiger partial charge is 0.484 e. The van der Waals surface area contributed by atoms with Crippen molar-refractivity contribution in [3.8, 4) is 5.75 Å². The minimum atomic E-state index is -4.36. The molecular weight excluding hydrogens is 295 g/mol. The van der Waals surface area contributed by atoms with E-state index in [1.807, 2.05) is 0 Å². The first kappa shape index (κ1) is 15.3. The third-order valence-corrected chi connectivity index (χ3v) is 4.39. The van der Waals surface area contributed by atoms with Crippen LogP contribution in [0.3, 0.4) is 0 Å². The van der Waals surface area contributed by atoms with Gasteiger partial charge < -0.3 is 10.1 Å². The fraction of sp³-hybridized carbons (Fsp3) is 0.562. The molecule has 0 radical (unpaired) electrons. The van der Waals surface area contributed by atoms with E-state index in [1.165, 1.54) is 12.1 Å². The second-order valence-electron chi connectivity index (χ2n) is 6.10. The van der Waals surface area contributed by atoms with E-state index in [-0.39, 0.29) is 17.5 Å². The monoisotopic (exact) mass is 313 g/mol. The highest BCUT2D eigenvalue weighted by Crippen LogP contribution is 2.33. The Morgan fingerprint density at radius 2 is 1.73 bits per heavy atom. The van der Waals surface area contributed by atoms with Crippen molar-refractivity contribution < 1.29 is 22.7 Å². The van der Waals surface area contributed by atoms with Crippen molar-refractivity contribution in [1.82, 2.24) is 5.32 Å². The first-order valence-corrected chi connectivity index (χ1v) is 7.50. The number of piperidine rings is 1. The quantitative estimate of drug-likeness (QED) is 0.867. The van der Waals surface area contributed by atoms with Crippen LogP contribution in [-0.4, -0.2) is 30.7 Å². The average molecular weight is 313 g/mol. The number of ketones is 1. The first-order chi connectivity index (χ1) is 10.4. The van der Waals surface area contributed by atoms with Gasteiger partial charge in [-0.3, -0.25) is 4.79 Å². The summed E-state index contributed by atoms with van der Waals surface area (Å²) in [5.41, 5.74) is 0.547. The van der Waals surface area contributed by atoms with Gasteiger partial charge in [0.1, 0.15) is 5.75 Å². The molecule has 0 saturated carbocycles. The van der Waals surface area contributed by atoms with Gasteiger partial charge in [0.15, 0.2) is 12.4 Å². The number of rotatable bonds is 4. The molecule has 3 rings (SSSR count). The normalized spacial score (nSPS) is 27.7. The second-order valence-corrected chi connectivity index (χ2v) is 6.10. The van der Waals surface area contributed by atoms with Crippen molar-refractivity contribution in [2.75, 3.05) is 6.61 Å². The molecule has 22 heavy (non-hydrogen) atoms. The number of ether oxygens (including phenoxy) is 1. The van der Waals surface area contributed by atoms with Crippen molar-refractivity contribution >= 4 is 5.78 Å². The zero-order chi connectivity index (χ0) is 15.7. The molecule has 0 spiro atoms. The number of alkyl halides is 3. The Bertz CT molecular complexity index is 529. The van der Waals surface area contributed by atoms with Crippen molar-refractivity contribution in [3.63, 3.8) is 0 Å². The molecule has 120 valence electrons. The lowest BCUT2D eigenvalue weighted by Crippen LogP contribution is -2.40. The average Bonchev–Trinajstić information content (AvgIpc) is 2.82. The number of nitrogens with one attached hydrogen (secondary N) is 1. The van der Waals surface area contributed by atoms with Crippen LogP contribution < -0.4 is 10.1 Å². The van der Waals surface area contributed by atoms with Crippen LogP contribution in [0.5, 0.6) is 5.75 Å². The number of hydrogen-bond acceptors (Lipinski definition) is 3. The van der Waals surface area contributed by atoms with Gasteiger partial charge in [0.2, 0.25) is 0 Å². The minimum Gasteiger partial charge on any atom is -0.484 e. The highest BCUT2D eigenvalue weighted by molar-refractivity contribution is 5.98. The molecule has 2 aliphatic heterocycles. The van der Waals surface area contributed by atoms with Gasteiger partial charge >= 0.3 is 6.18 Å². The Morgan fingerprint density at radius 1 is 1.14 bits per heavy atom. The lowest BCUT2D eigenvalue weighted by atomic mass is 9.86. The number of carbonyl (C=O) groups excluding carboxylic acids is 1. The lowest BCUT2D eigenvalue weighted by Gasteiger charge is -2.28. The van der Waals surface area contributed by atoms with Crippen molar-refractivity contribution in [2.45, 2.75) is 43.9 Å². The molecular formula is C16H18F3NO2. The van der Waals surface area contributed by atoms with Crippen molar-refractivity contribution in [1.29, 1.82) is 0 Å². The summed E-state index contributed by atoms with van der Waals surface area (Å²) in [5.74, 6) is 0.223. The standard InChI is InChI=1S/C16H18F3NO2/c17-16(18,19)9-22-14-5-1-10(2-6-14)15(21)11-7-12-3-4-13(8-11)20-12/h1-2,5-6,11-13,20H,3-4,7-9H2. The van der Waals surface area contributed by atoms with Gasteiger partial charge in [-0.2, -0.15) is 13.2 Å². The molecule has 0 aliphatic carbocycles. The van der Waals surface area contributed by atoms with Crippen molar-refractivity contribution in [2.24, 2.45) is 5.92 Å². The summed E-state index contributed by atoms with van der Waals surface area (Å²) in [7, 11) is 0. The first-order valence-electron chi connectivity index (χ1n) is 7.50. The van der Waals surface area contributed by atoms with E-state index < -0.39 is 12.8 Å². The summed E-state index contributed by atoms with van der Waals surface area (Å²) in [6.07, 6.45) is -0.413. The molecule has 1 N–H and O–H groups in total. The van der Waals surface area contributed by atoms with E-state index >= 15 is 0 Å². The second kappa shape index (κ2) is 5.91. The Balaban J connectivity index is 1.61. The van der Waals surface area contributed by atoms with Gasteiger partial charge in [0, 0.05) is 23.6 Å². The number of benzene rings is 1. The van der Waals surface area contributed by atoms with E-state index in [1.54, 1.807) is 12.1 Å². The number of halogens is 3. The van der Waals surface area contributed by atoms with Gasteiger partial charge in [-0.25, -0.2) is 0 Å². The van der Waals surface area contributed by atoms with Crippen LogP contribution in [0.1, 0.15) is 36.0 Å². The number of carbonyl (C=O) groups is 1. The van der Waals surface area contributed by atoms with Crippen LogP contribution in [0.15, 0.2) is 24.3 Å². The van der Waals surface area contributed by atoms with E-state index in [2.05, 4.69) is 10.1 Å². The number of Topliss-reactive ketones (excluding diaryl/α,β-unsaturated/α-hetero) is 1. The Labute approximate surface area is 126 Å². The summed E-state index contributed by atoms with van der Waals surface area (Å²) in [6.45, 7) is -1.32. The van der Waals surface area contributed by atoms with E-state index in [0.717, 1.165) is 25.7 Å². The maximum atomic E-state index is 12.5. The Morgan fingerprint density at radius 3 is 2.27 bits per heavy atom. The van der Waals surface area contributed by atoms with E-state index in [9.17, 15) is 18.0 Å². The van der Waals surface area contributed by atoms with Gasteiger partial charge in [-0.1, -0.05) is 0 Å². The zero-order valence-corrected chi connectivity index (χ0v) is 12.0. The summed E-state index contributed by atoms with van der Waals surface area (Å²) in [6, 6.07) is 6.82. The van der Waals surface area contributed by atoms with Crippen LogP contribution in [0.4, 0.5) is 13.2 Å². The highest BCUT2D eigenvalue weighted by atomic mass is 19.4. The Kier molecular flexibility index (Phi) is 4.12. The number of hydrogen-bond donors (Lipinski definition) is 1. The predicted molar refractivity (Wildman–Crippen MR) is 75.0 cm³/mol. The van der Waals surface area contributed by atoms with Gasteiger partial charge in [-0.05, 0) is 49.9 Å². The maximum absolute atomic E-state index is 12.5. The third kappa shape index (κ3) is 3.61. The molecule has 1 aromatic rings. The minimum absolute atomic E-state index is 0.0145. The topological polar surface area (TPSA) is 38.3 Å². The SMILES string of the molecule is O=C(c1ccc(OCC(F)(F)F)cc1)C1CC2CCC(C1)N2.